The number of aryl methyl sites for hydroxylation is 1. The van der Waals surface area contributed by atoms with Gasteiger partial charge >= 0.3 is 0 Å². The van der Waals surface area contributed by atoms with E-state index in [-0.39, 0.29) is 22.3 Å². The second kappa shape index (κ2) is 5.87. The van der Waals surface area contributed by atoms with Crippen LogP contribution in [0.15, 0.2) is 23.1 Å². The Morgan fingerprint density at radius 3 is 2.57 bits per heavy atom. The summed E-state index contributed by atoms with van der Waals surface area (Å²) >= 11 is 5.81. The first-order valence-electron chi connectivity index (χ1n) is 6.51. The van der Waals surface area contributed by atoms with Gasteiger partial charge in [0.1, 0.15) is 0 Å². The number of nitrogens with zero attached hydrogens (tertiary/aromatic N) is 1. The minimum atomic E-state index is -3.71. The molecular formula is C13H18ClNO4S2. The van der Waals surface area contributed by atoms with E-state index in [9.17, 15) is 16.8 Å². The Bertz CT molecular complexity index is 743. The highest BCUT2D eigenvalue weighted by atomic mass is 35.5. The average Bonchev–Trinajstić information content (AvgIpc) is 2.78. The van der Waals surface area contributed by atoms with Crippen molar-refractivity contribution in [1.82, 2.24) is 4.31 Å². The van der Waals surface area contributed by atoms with Crippen molar-refractivity contribution in [2.75, 3.05) is 18.6 Å². The van der Waals surface area contributed by atoms with Crippen LogP contribution in [0.1, 0.15) is 17.5 Å². The summed E-state index contributed by atoms with van der Waals surface area (Å²) in [6.07, 6.45) is 0.340. The van der Waals surface area contributed by atoms with E-state index in [2.05, 4.69) is 0 Å². The van der Waals surface area contributed by atoms with E-state index in [1.807, 2.05) is 6.92 Å². The van der Waals surface area contributed by atoms with Crippen molar-refractivity contribution in [3.63, 3.8) is 0 Å². The zero-order chi connectivity index (χ0) is 15.8. The van der Waals surface area contributed by atoms with Crippen LogP contribution in [0, 0.1) is 6.92 Å². The first-order valence-corrected chi connectivity index (χ1v) is 10.3. The van der Waals surface area contributed by atoms with E-state index < -0.39 is 25.9 Å². The molecule has 0 bridgehead atoms. The number of halogens is 1. The summed E-state index contributed by atoms with van der Waals surface area (Å²) < 4.78 is 49.4. The maximum absolute atomic E-state index is 12.6. The predicted octanol–water partition coefficient (Wildman–Crippen LogP) is 1.54. The lowest BCUT2D eigenvalue weighted by Crippen LogP contribution is -2.37. The largest absolute Gasteiger partial charge is 0.243 e. The molecule has 5 nitrogen and oxygen atoms in total. The summed E-state index contributed by atoms with van der Waals surface area (Å²) in [4.78, 5) is 0.149. The topological polar surface area (TPSA) is 71.5 Å². The van der Waals surface area contributed by atoms with E-state index in [1.165, 1.54) is 17.4 Å². The lowest BCUT2D eigenvalue weighted by Gasteiger charge is -2.23. The summed E-state index contributed by atoms with van der Waals surface area (Å²) in [5, 5.41) is 0. The molecule has 0 spiro atoms. The Kier molecular flexibility index (Phi) is 4.68. The molecule has 0 amide bonds. The van der Waals surface area contributed by atoms with Crippen molar-refractivity contribution >= 4 is 31.5 Å². The van der Waals surface area contributed by atoms with Gasteiger partial charge in [-0.05, 0) is 36.6 Å². The quantitative estimate of drug-likeness (QED) is 0.771. The minimum Gasteiger partial charge on any atom is -0.229 e. The van der Waals surface area contributed by atoms with Gasteiger partial charge in [0.05, 0.1) is 16.4 Å². The fraction of sp³-hybridized carbons (Fsp3) is 0.538. The number of sulfonamides is 1. The molecule has 1 heterocycles. The predicted molar refractivity (Wildman–Crippen MR) is 82.7 cm³/mol. The Morgan fingerprint density at radius 1 is 1.38 bits per heavy atom. The summed E-state index contributed by atoms with van der Waals surface area (Å²) in [5.41, 5.74) is 1.68. The highest BCUT2D eigenvalue weighted by molar-refractivity contribution is 7.92. The molecule has 0 saturated carbocycles. The second-order valence-electron chi connectivity index (χ2n) is 5.30. The van der Waals surface area contributed by atoms with E-state index in [0.717, 1.165) is 11.1 Å². The van der Waals surface area contributed by atoms with Crippen LogP contribution in [0.5, 0.6) is 0 Å². The van der Waals surface area contributed by atoms with Gasteiger partial charge < -0.3 is 0 Å². The van der Waals surface area contributed by atoms with Gasteiger partial charge in [-0.25, -0.2) is 16.8 Å². The van der Waals surface area contributed by atoms with Gasteiger partial charge in [-0.1, -0.05) is 6.07 Å². The van der Waals surface area contributed by atoms with Gasteiger partial charge in [-0.15, -0.1) is 11.6 Å². The third-order valence-corrected chi connectivity index (χ3v) is 7.81. The number of benzene rings is 1. The van der Waals surface area contributed by atoms with Crippen LogP contribution in [-0.2, 0) is 25.7 Å². The van der Waals surface area contributed by atoms with Gasteiger partial charge in [0, 0.05) is 19.0 Å². The maximum Gasteiger partial charge on any atom is 0.243 e. The molecule has 1 aliphatic heterocycles. The molecule has 21 heavy (non-hydrogen) atoms. The highest BCUT2D eigenvalue weighted by Gasteiger charge is 2.36. The van der Waals surface area contributed by atoms with Gasteiger partial charge in [0.25, 0.3) is 0 Å². The first kappa shape index (κ1) is 16.7. The van der Waals surface area contributed by atoms with Crippen molar-refractivity contribution in [3.05, 3.63) is 29.3 Å². The average molecular weight is 352 g/mol. The van der Waals surface area contributed by atoms with E-state index >= 15 is 0 Å². The number of sulfone groups is 1. The van der Waals surface area contributed by atoms with E-state index in [1.54, 1.807) is 12.1 Å². The Morgan fingerprint density at radius 2 is 2.05 bits per heavy atom. The lowest BCUT2D eigenvalue weighted by molar-refractivity contribution is 0.394. The Labute approximate surface area is 130 Å². The van der Waals surface area contributed by atoms with Crippen LogP contribution < -0.4 is 0 Å². The van der Waals surface area contributed by atoms with E-state index in [4.69, 9.17) is 11.6 Å². The molecule has 0 aromatic heterocycles. The van der Waals surface area contributed by atoms with Crippen LogP contribution in [0.3, 0.4) is 0 Å². The van der Waals surface area contributed by atoms with Gasteiger partial charge in [-0.2, -0.15) is 4.31 Å². The molecular weight excluding hydrogens is 334 g/mol. The minimum absolute atomic E-state index is 0.0400. The maximum atomic E-state index is 12.6. The normalized spacial score (nSPS) is 21.8. The lowest BCUT2D eigenvalue weighted by atomic mass is 10.1. The molecule has 0 aliphatic carbocycles. The summed E-state index contributed by atoms with van der Waals surface area (Å²) in [6.45, 7) is 1.86. The number of rotatable bonds is 4. The SMILES string of the molecule is Cc1ccc(S(=O)(=O)N(C)C2CCS(=O)(=O)C2)cc1CCl. The summed E-state index contributed by atoms with van der Waals surface area (Å²) in [5.74, 6) is 0.159. The smallest absolute Gasteiger partial charge is 0.229 e. The number of alkyl halides is 1. The van der Waals surface area contributed by atoms with Gasteiger partial charge in [-0.3, -0.25) is 0 Å². The van der Waals surface area contributed by atoms with Crippen molar-refractivity contribution in [3.8, 4) is 0 Å². The molecule has 1 aromatic carbocycles. The van der Waals surface area contributed by atoms with E-state index in [0.29, 0.717) is 6.42 Å². The fourth-order valence-electron chi connectivity index (χ4n) is 2.38. The van der Waals surface area contributed by atoms with Crippen molar-refractivity contribution in [2.45, 2.75) is 30.2 Å². The molecule has 1 unspecified atom stereocenters. The van der Waals surface area contributed by atoms with Crippen molar-refractivity contribution < 1.29 is 16.8 Å². The molecule has 2 rings (SSSR count). The fourth-order valence-corrected chi connectivity index (χ4v) is 5.97. The molecule has 1 aromatic rings. The second-order valence-corrected chi connectivity index (χ2v) is 9.79. The molecule has 1 aliphatic rings. The monoisotopic (exact) mass is 351 g/mol. The number of hydrogen-bond acceptors (Lipinski definition) is 4. The van der Waals surface area contributed by atoms with Crippen molar-refractivity contribution in [2.24, 2.45) is 0 Å². The van der Waals surface area contributed by atoms with Crippen LogP contribution in [0.2, 0.25) is 0 Å². The molecule has 1 atom stereocenters. The van der Waals surface area contributed by atoms with Crippen LogP contribution in [0.25, 0.3) is 0 Å². The Balaban J connectivity index is 2.34. The molecule has 1 saturated heterocycles. The first-order chi connectivity index (χ1) is 9.67. The third kappa shape index (κ3) is 3.41. The molecule has 1 fully saturated rings. The molecule has 8 heteroatoms. The standard InChI is InChI=1S/C13H18ClNO4S2/c1-10-3-4-13(7-11(10)8-14)21(18,19)15(2)12-5-6-20(16,17)9-12/h3-4,7,12H,5-6,8-9H2,1-2H3. The van der Waals surface area contributed by atoms with Crippen LogP contribution >= 0.6 is 11.6 Å². The van der Waals surface area contributed by atoms with Crippen LogP contribution in [-0.4, -0.2) is 45.7 Å². The molecule has 118 valence electrons. The summed E-state index contributed by atoms with van der Waals surface area (Å²) in [7, 11) is -5.41. The zero-order valence-electron chi connectivity index (χ0n) is 11.9. The third-order valence-electron chi connectivity index (χ3n) is 3.86. The number of hydrogen-bond donors (Lipinski definition) is 0. The highest BCUT2D eigenvalue weighted by Crippen LogP contribution is 2.25. The van der Waals surface area contributed by atoms with Crippen LogP contribution in [0.4, 0.5) is 0 Å². The zero-order valence-corrected chi connectivity index (χ0v) is 14.3. The Hall–Kier alpha value is -0.630. The van der Waals surface area contributed by atoms with Gasteiger partial charge in [0.2, 0.25) is 10.0 Å². The molecule has 0 N–H and O–H groups in total. The van der Waals surface area contributed by atoms with Gasteiger partial charge in [0.15, 0.2) is 9.84 Å². The van der Waals surface area contributed by atoms with Crippen molar-refractivity contribution in [1.29, 1.82) is 0 Å². The molecule has 0 radical (unpaired) electrons. The summed E-state index contributed by atoms with van der Waals surface area (Å²) in [6, 6.07) is 4.29.